The van der Waals surface area contributed by atoms with Crippen LogP contribution in [0.1, 0.15) is 10.4 Å². The zero-order chi connectivity index (χ0) is 14.4. The van der Waals surface area contributed by atoms with Crippen LogP contribution in [0.2, 0.25) is 0 Å². The highest BCUT2D eigenvalue weighted by atomic mass is 79.9. The van der Waals surface area contributed by atoms with E-state index in [2.05, 4.69) is 21.2 Å². The molecule has 100 valence electrons. The molecule has 4 nitrogen and oxygen atoms in total. The normalized spacial score (nSPS) is 9.60. The second kappa shape index (κ2) is 6.73. The monoisotopic (exact) mass is 330 g/mol. The molecular weight excluding hydrogens is 320 g/mol. The number of halogens is 1. The summed E-state index contributed by atoms with van der Waals surface area (Å²) in [5.74, 6) is 0.233. The first kappa shape index (κ1) is 14.1. The van der Waals surface area contributed by atoms with E-state index in [0.717, 1.165) is 4.47 Å². The number of hydrogen-bond donors (Lipinski definition) is 1. The Hall–Kier alpha value is -2.32. The fourth-order valence-electron chi connectivity index (χ4n) is 1.63. The summed E-state index contributed by atoms with van der Waals surface area (Å²) >= 11 is 3.32. The maximum Gasteiger partial charge on any atom is 0.255 e. The number of nitriles is 1. The molecule has 0 atom stereocenters. The summed E-state index contributed by atoms with van der Waals surface area (Å²) < 4.78 is 6.09. The van der Waals surface area contributed by atoms with Crippen molar-refractivity contribution in [2.75, 3.05) is 11.9 Å². The summed E-state index contributed by atoms with van der Waals surface area (Å²) in [4.78, 5) is 12.1. The Morgan fingerprint density at radius 3 is 2.80 bits per heavy atom. The van der Waals surface area contributed by atoms with Gasteiger partial charge in [-0.25, -0.2) is 0 Å². The fourth-order valence-corrected chi connectivity index (χ4v) is 2.03. The van der Waals surface area contributed by atoms with Gasteiger partial charge in [0.2, 0.25) is 0 Å². The van der Waals surface area contributed by atoms with Gasteiger partial charge in [0.05, 0.1) is 5.69 Å². The predicted molar refractivity (Wildman–Crippen MR) is 79.6 cm³/mol. The van der Waals surface area contributed by atoms with Gasteiger partial charge in [-0.1, -0.05) is 34.1 Å². The number of benzene rings is 2. The molecule has 0 aliphatic rings. The molecule has 2 aromatic carbocycles. The molecule has 0 bridgehead atoms. The van der Waals surface area contributed by atoms with E-state index < -0.39 is 0 Å². The van der Waals surface area contributed by atoms with E-state index in [1.54, 1.807) is 42.5 Å². The zero-order valence-corrected chi connectivity index (χ0v) is 12.1. The largest absolute Gasteiger partial charge is 0.477 e. The highest BCUT2D eigenvalue weighted by Gasteiger charge is 2.09. The molecule has 1 amide bonds. The maximum absolute atomic E-state index is 12.1. The molecule has 0 fully saturated rings. The van der Waals surface area contributed by atoms with Crippen LogP contribution in [-0.4, -0.2) is 12.5 Å². The van der Waals surface area contributed by atoms with Gasteiger partial charge in [0.1, 0.15) is 11.8 Å². The second-order valence-corrected chi connectivity index (χ2v) is 4.82. The second-order valence-electron chi connectivity index (χ2n) is 3.91. The Morgan fingerprint density at radius 2 is 2.05 bits per heavy atom. The summed E-state index contributed by atoms with van der Waals surface area (Å²) in [6.07, 6.45) is 0. The minimum atomic E-state index is -0.237. The molecule has 5 heteroatoms. The third-order valence-corrected chi connectivity index (χ3v) is 3.01. The van der Waals surface area contributed by atoms with E-state index in [4.69, 9.17) is 10.00 Å². The highest BCUT2D eigenvalue weighted by Crippen LogP contribution is 2.24. The van der Waals surface area contributed by atoms with Crippen LogP contribution in [0.15, 0.2) is 53.0 Å². The third kappa shape index (κ3) is 3.59. The van der Waals surface area contributed by atoms with Crippen LogP contribution in [-0.2, 0) is 0 Å². The Labute approximate surface area is 125 Å². The first-order valence-electron chi connectivity index (χ1n) is 5.86. The van der Waals surface area contributed by atoms with Crippen LogP contribution in [0.3, 0.4) is 0 Å². The standard InChI is InChI=1S/C15H11BrN2O2/c16-12-5-3-4-11(10-12)15(19)18-13-6-1-2-7-14(13)20-9-8-17/h1-7,10H,9H2,(H,18,19). The number of hydrogen-bond acceptors (Lipinski definition) is 3. The van der Waals surface area contributed by atoms with Gasteiger partial charge in [-0.3, -0.25) is 4.79 Å². The van der Waals surface area contributed by atoms with Crippen LogP contribution in [0.4, 0.5) is 5.69 Å². The first-order chi connectivity index (χ1) is 9.70. The summed E-state index contributed by atoms with van der Waals surface area (Å²) in [5, 5.41) is 11.3. The van der Waals surface area contributed by atoms with E-state index in [0.29, 0.717) is 17.0 Å². The van der Waals surface area contributed by atoms with Gasteiger partial charge >= 0.3 is 0 Å². The summed E-state index contributed by atoms with van der Waals surface area (Å²) in [6, 6.07) is 16.0. The van der Waals surface area contributed by atoms with Gasteiger partial charge in [-0.15, -0.1) is 0 Å². The van der Waals surface area contributed by atoms with Crippen molar-refractivity contribution in [3.8, 4) is 11.8 Å². The molecule has 0 saturated carbocycles. The highest BCUT2D eigenvalue weighted by molar-refractivity contribution is 9.10. The smallest absolute Gasteiger partial charge is 0.255 e. The third-order valence-electron chi connectivity index (χ3n) is 2.51. The van der Waals surface area contributed by atoms with Crippen molar-refractivity contribution in [1.82, 2.24) is 0 Å². The van der Waals surface area contributed by atoms with E-state index in [1.807, 2.05) is 12.1 Å². The number of amides is 1. The van der Waals surface area contributed by atoms with Crippen molar-refractivity contribution < 1.29 is 9.53 Å². The van der Waals surface area contributed by atoms with Crippen molar-refractivity contribution in [3.05, 3.63) is 58.6 Å². The van der Waals surface area contributed by atoms with Crippen LogP contribution in [0.5, 0.6) is 5.75 Å². The fraction of sp³-hybridized carbons (Fsp3) is 0.0667. The zero-order valence-electron chi connectivity index (χ0n) is 10.5. The summed E-state index contributed by atoms with van der Waals surface area (Å²) in [5.41, 5.74) is 1.07. The van der Waals surface area contributed by atoms with Crippen molar-refractivity contribution in [1.29, 1.82) is 5.26 Å². The number of rotatable bonds is 4. The Kier molecular flexibility index (Phi) is 4.75. The molecule has 1 N–H and O–H groups in total. The van der Waals surface area contributed by atoms with Crippen LogP contribution >= 0.6 is 15.9 Å². The number of para-hydroxylation sites is 2. The molecular formula is C15H11BrN2O2. The van der Waals surface area contributed by atoms with Crippen LogP contribution in [0.25, 0.3) is 0 Å². The topological polar surface area (TPSA) is 62.1 Å². The molecule has 0 unspecified atom stereocenters. The summed E-state index contributed by atoms with van der Waals surface area (Å²) in [7, 11) is 0. The van der Waals surface area contributed by atoms with Crippen molar-refractivity contribution in [2.24, 2.45) is 0 Å². The molecule has 0 radical (unpaired) electrons. The number of carbonyl (C=O) groups excluding carboxylic acids is 1. The molecule has 0 aliphatic heterocycles. The average Bonchev–Trinajstić information content (AvgIpc) is 2.46. The lowest BCUT2D eigenvalue weighted by Crippen LogP contribution is -2.12. The van der Waals surface area contributed by atoms with E-state index >= 15 is 0 Å². The molecule has 0 heterocycles. The van der Waals surface area contributed by atoms with Crippen LogP contribution in [0, 0.1) is 11.3 Å². The number of anilines is 1. The molecule has 2 aromatic rings. The van der Waals surface area contributed by atoms with E-state index in [-0.39, 0.29) is 12.5 Å². The van der Waals surface area contributed by atoms with Gasteiger partial charge in [-0.2, -0.15) is 5.26 Å². The van der Waals surface area contributed by atoms with Gasteiger partial charge < -0.3 is 10.1 Å². The minimum Gasteiger partial charge on any atom is -0.477 e. The first-order valence-corrected chi connectivity index (χ1v) is 6.65. The SMILES string of the molecule is N#CCOc1ccccc1NC(=O)c1cccc(Br)c1. The molecule has 0 aliphatic carbocycles. The van der Waals surface area contributed by atoms with Crippen molar-refractivity contribution in [3.63, 3.8) is 0 Å². The number of nitrogens with one attached hydrogen (secondary N) is 1. The number of ether oxygens (including phenoxy) is 1. The Balaban J connectivity index is 2.18. The van der Waals surface area contributed by atoms with E-state index in [1.165, 1.54) is 0 Å². The average molecular weight is 331 g/mol. The lowest BCUT2D eigenvalue weighted by atomic mass is 10.2. The molecule has 20 heavy (non-hydrogen) atoms. The molecule has 0 spiro atoms. The predicted octanol–water partition coefficient (Wildman–Crippen LogP) is 3.60. The van der Waals surface area contributed by atoms with Crippen molar-refractivity contribution >= 4 is 27.5 Å². The van der Waals surface area contributed by atoms with Crippen LogP contribution < -0.4 is 10.1 Å². The number of carbonyl (C=O) groups is 1. The Bertz CT molecular complexity index is 665. The van der Waals surface area contributed by atoms with Gasteiger partial charge in [-0.05, 0) is 30.3 Å². The molecule has 0 aromatic heterocycles. The summed E-state index contributed by atoms with van der Waals surface area (Å²) in [6.45, 7) is -0.0657. The molecule has 0 saturated heterocycles. The van der Waals surface area contributed by atoms with Crippen molar-refractivity contribution in [2.45, 2.75) is 0 Å². The lowest BCUT2D eigenvalue weighted by Gasteiger charge is -2.10. The van der Waals surface area contributed by atoms with Gasteiger partial charge in [0.25, 0.3) is 5.91 Å². The Morgan fingerprint density at radius 1 is 1.25 bits per heavy atom. The number of nitrogens with zero attached hydrogens (tertiary/aromatic N) is 1. The lowest BCUT2D eigenvalue weighted by molar-refractivity contribution is 0.102. The maximum atomic E-state index is 12.1. The van der Waals surface area contributed by atoms with E-state index in [9.17, 15) is 4.79 Å². The molecule has 2 rings (SSSR count). The quantitative estimate of drug-likeness (QED) is 0.931. The van der Waals surface area contributed by atoms with Gasteiger partial charge in [0.15, 0.2) is 6.61 Å². The van der Waals surface area contributed by atoms with Gasteiger partial charge in [0, 0.05) is 10.0 Å². The minimum absolute atomic E-state index is 0.0657.